The first-order chi connectivity index (χ1) is 7.77. The van der Waals surface area contributed by atoms with Gasteiger partial charge in [-0.1, -0.05) is 0 Å². The smallest absolute Gasteiger partial charge is 0.431 e. The molecular weight excluding hydrogens is 243 g/mol. The summed E-state index contributed by atoms with van der Waals surface area (Å²) in [4.78, 5) is 23.8. The van der Waals surface area contributed by atoms with Crippen molar-refractivity contribution in [1.82, 2.24) is 4.98 Å². The number of nitrogens with one attached hydrogen (secondary N) is 1. The van der Waals surface area contributed by atoms with Gasteiger partial charge in [0, 0.05) is 6.07 Å². The van der Waals surface area contributed by atoms with Crippen molar-refractivity contribution in [2.75, 3.05) is 6.61 Å². The summed E-state index contributed by atoms with van der Waals surface area (Å²) in [5, 5.41) is 9.21. The predicted molar refractivity (Wildman–Crippen MR) is 49.7 cm³/mol. The van der Waals surface area contributed by atoms with Gasteiger partial charge < -0.3 is 14.8 Å². The summed E-state index contributed by atoms with van der Waals surface area (Å²) in [5.74, 6) is -2.25. The number of H-pyrrole nitrogens is 1. The lowest BCUT2D eigenvalue weighted by Gasteiger charge is -2.08. The maximum Gasteiger partial charge on any atom is 0.431 e. The molecule has 5 nitrogen and oxygen atoms in total. The van der Waals surface area contributed by atoms with E-state index in [-0.39, 0.29) is 12.7 Å². The Morgan fingerprint density at radius 2 is 2.12 bits per heavy atom. The van der Waals surface area contributed by atoms with Gasteiger partial charge in [-0.05, 0) is 6.92 Å². The number of ether oxygens (including phenoxy) is 1. The van der Waals surface area contributed by atoms with Crippen LogP contribution in [0.3, 0.4) is 0 Å². The lowest BCUT2D eigenvalue weighted by Crippen LogP contribution is -2.23. The van der Waals surface area contributed by atoms with Crippen LogP contribution >= 0.6 is 0 Å². The lowest BCUT2D eigenvalue weighted by molar-refractivity contribution is -0.141. The second kappa shape index (κ2) is 4.48. The first-order valence-corrected chi connectivity index (χ1v) is 4.48. The Balaban J connectivity index is 3.30. The largest absolute Gasteiger partial charge is 0.507 e. The van der Waals surface area contributed by atoms with Crippen LogP contribution in [0.25, 0.3) is 0 Å². The molecule has 0 atom stereocenters. The van der Waals surface area contributed by atoms with Crippen molar-refractivity contribution in [2.24, 2.45) is 0 Å². The summed E-state index contributed by atoms with van der Waals surface area (Å²) in [5.41, 5.74) is -3.64. The first kappa shape index (κ1) is 13.1. The molecule has 17 heavy (non-hydrogen) atoms. The number of carbonyl (C=O) groups is 1. The van der Waals surface area contributed by atoms with Gasteiger partial charge in [0.15, 0.2) is 5.56 Å². The Kier molecular flexibility index (Phi) is 3.45. The van der Waals surface area contributed by atoms with E-state index in [0.717, 1.165) is 0 Å². The van der Waals surface area contributed by atoms with E-state index >= 15 is 0 Å². The highest BCUT2D eigenvalue weighted by Crippen LogP contribution is 2.29. The third-order valence-corrected chi connectivity index (χ3v) is 1.80. The zero-order chi connectivity index (χ0) is 13.2. The molecule has 0 fully saturated rings. The molecule has 0 aliphatic heterocycles. The highest BCUT2D eigenvalue weighted by Gasteiger charge is 2.34. The SMILES string of the molecule is CCOC(=O)c1c(O)cc(C(F)(F)F)[nH]c1=O. The number of halogens is 3. The predicted octanol–water partition coefficient (Wildman–Crippen LogP) is 1.28. The van der Waals surface area contributed by atoms with Crippen molar-refractivity contribution in [2.45, 2.75) is 13.1 Å². The summed E-state index contributed by atoms with van der Waals surface area (Å²) in [6, 6.07) is 0.258. The molecule has 0 amide bonds. The number of alkyl halides is 3. The summed E-state index contributed by atoms with van der Waals surface area (Å²) in [6.07, 6.45) is -4.82. The Hall–Kier alpha value is -1.99. The third kappa shape index (κ3) is 2.77. The van der Waals surface area contributed by atoms with Gasteiger partial charge in [-0.3, -0.25) is 4.79 Å². The van der Waals surface area contributed by atoms with Gasteiger partial charge in [0.25, 0.3) is 5.56 Å². The molecule has 0 aliphatic rings. The average molecular weight is 251 g/mol. The monoisotopic (exact) mass is 251 g/mol. The topological polar surface area (TPSA) is 79.4 Å². The van der Waals surface area contributed by atoms with Crippen molar-refractivity contribution in [3.8, 4) is 5.75 Å². The van der Waals surface area contributed by atoms with Crippen LogP contribution in [0.1, 0.15) is 23.0 Å². The number of aromatic hydroxyl groups is 1. The summed E-state index contributed by atoms with van der Waals surface area (Å²) < 4.78 is 41.1. The van der Waals surface area contributed by atoms with E-state index in [1.165, 1.54) is 11.9 Å². The lowest BCUT2D eigenvalue weighted by atomic mass is 10.2. The van der Waals surface area contributed by atoms with Gasteiger partial charge in [0.2, 0.25) is 0 Å². The van der Waals surface area contributed by atoms with Crippen molar-refractivity contribution < 1.29 is 27.8 Å². The van der Waals surface area contributed by atoms with E-state index < -0.39 is 34.7 Å². The van der Waals surface area contributed by atoms with E-state index in [9.17, 15) is 27.9 Å². The molecule has 8 heteroatoms. The fourth-order valence-electron chi connectivity index (χ4n) is 1.10. The molecule has 1 heterocycles. The molecule has 0 unspecified atom stereocenters. The minimum Gasteiger partial charge on any atom is -0.507 e. The normalized spacial score (nSPS) is 11.3. The Morgan fingerprint density at radius 3 is 2.53 bits per heavy atom. The summed E-state index contributed by atoms with van der Waals surface area (Å²) >= 11 is 0. The van der Waals surface area contributed by atoms with Crippen molar-refractivity contribution in [1.29, 1.82) is 0 Å². The third-order valence-electron chi connectivity index (χ3n) is 1.80. The fourth-order valence-corrected chi connectivity index (χ4v) is 1.10. The Morgan fingerprint density at radius 1 is 1.53 bits per heavy atom. The van der Waals surface area contributed by atoms with Gasteiger partial charge in [-0.25, -0.2) is 4.79 Å². The van der Waals surface area contributed by atoms with E-state index in [2.05, 4.69) is 4.74 Å². The molecule has 0 saturated heterocycles. The summed E-state index contributed by atoms with van der Waals surface area (Å²) in [7, 11) is 0. The molecule has 0 aromatic carbocycles. The highest BCUT2D eigenvalue weighted by molar-refractivity contribution is 5.91. The standard InChI is InChI=1S/C9H8F3NO4/c1-2-17-8(16)6-4(14)3-5(9(10,11)12)13-7(6)15/h3H,2H2,1H3,(H2,13,14,15). The van der Waals surface area contributed by atoms with Crippen LogP contribution in [0.5, 0.6) is 5.75 Å². The molecule has 2 N–H and O–H groups in total. The molecule has 0 saturated carbocycles. The molecule has 1 rings (SSSR count). The number of carbonyl (C=O) groups excluding carboxylic acids is 1. The van der Waals surface area contributed by atoms with Crippen LogP contribution in [-0.2, 0) is 10.9 Å². The van der Waals surface area contributed by atoms with Crippen molar-refractivity contribution in [3.63, 3.8) is 0 Å². The summed E-state index contributed by atoms with van der Waals surface area (Å²) in [6.45, 7) is 1.38. The number of esters is 1. The Bertz CT molecular complexity index is 492. The molecule has 1 aromatic heterocycles. The van der Waals surface area contributed by atoms with Crippen LogP contribution in [0.4, 0.5) is 13.2 Å². The average Bonchev–Trinajstić information content (AvgIpc) is 2.15. The van der Waals surface area contributed by atoms with Gasteiger partial charge >= 0.3 is 12.1 Å². The zero-order valence-corrected chi connectivity index (χ0v) is 8.59. The van der Waals surface area contributed by atoms with Crippen molar-refractivity contribution in [3.05, 3.63) is 27.7 Å². The van der Waals surface area contributed by atoms with Crippen molar-refractivity contribution >= 4 is 5.97 Å². The van der Waals surface area contributed by atoms with Crippen LogP contribution in [0.15, 0.2) is 10.9 Å². The number of aromatic amines is 1. The van der Waals surface area contributed by atoms with Crippen LogP contribution in [0, 0.1) is 0 Å². The molecular formula is C9H8F3NO4. The second-order valence-corrected chi connectivity index (χ2v) is 2.99. The molecule has 1 aromatic rings. The fraction of sp³-hybridized carbons (Fsp3) is 0.333. The van der Waals surface area contributed by atoms with E-state index in [1.807, 2.05) is 0 Å². The van der Waals surface area contributed by atoms with E-state index in [1.54, 1.807) is 0 Å². The number of hydrogen-bond acceptors (Lipinski definition) is 4. The molecule has 0 bridgehead atoms. The number of hydrogen-bond donors (Lipinski definition) is 2. The first-order valence-electron chi connectivity index (χ1n) is 4.48. The quantitative estimate of drug-likeness (QED) is 0.776. The van der Waals surface area contributed by atoms with Gasteiger partial charge in [-0.2, -0.15) is 13.2 Å². The minimum atomic E-state index is -4.82. The number of rotatable bonds is 2. The maximum atomic E-state index is 12.2. The van der Waals surface area contributed by atoms with Gasteiger partial charge in [-0.15, -0.1) is 0 Å². The maximum absolute atomic E-state index is 12.2. The minimum absolute atomic E-state index is 0.0707. The molecule has 0 radical (unpaired) electrons. The van der Waals surface area contributed by atoms with Gasteiger partial charge in [0.05, 0.1) is 6.61 Å². The molecule has 0 spiro atoms. The highest BCUT2D eigenvalue weighted by atomic mass is 19.4. The number of pyridine rings is 1. The van der Waals surface area contributed by atoms with Gasteiger partial charge in [0.1, 0.15) is 11.4 Å². The zero-order valence-electron chi connectivity index (χ0n) is 8.59. The molecule has 0 aliphatic carbocycles. The van der Waals surface area contributed by atoms with Crippen LogP contribution in [0.2, 0.25) is 0 Å². The van der Waals surface area contributed by atoms with Crippen LogP contribution < -0.4 is 5.56 Å². The van der Waals surface area contributed by atoms with Crippen LogP contribution in [-0.4, -0.2) is 22.7 Å². The van der Waals surface area contributed by atoms with E-state index in [4.69, 9.17) is 0 Å². The second-order valence-electron chi connectivity index (χ2n) is 2.99. The molecule has 94 valence electrons. The Labute approximate surface area is 92.8 Å². The van der Waals surface area contributed by atoms with E-state index in [0.29, 0.717) is 0 Å². The number of aromatic nitrogens is 1.